The van der Waals surface area contributed by atoms with Crippen LogP contribution in [-0.2, 0) is 0 Å². The number of imidazole rings is 1. The molecule has 0 radical (unpaired) electrons. The molecule has 1 aromatic heterocycles. The van der Waals surface area contributed by atoms with Gasteiger partial charge in [-0.3, -0.25) is 4.57 Å². The molecule has 9 aromatic rings. The van der Waals surface area contributed by atoms with Crippen LogP contribution in [0.15, 0.2) is 182 Å². The first-order valence-corrected chi connectivity index (χ1v) is 16.1. The van der Waals surface area contributed by atoms with E-state index in [1.807, 2.05) is 6.07 Å². The van der Waals surface area contributed by atoms with Crippen LogP contribution >= 0.6 is 0 Å². The van der Waals surface area contributed by atoms with Gasteiger partial charge in [-0.05, 0) is 79.2 Å². The molecule has 0 bridgehead atoms. The minimum absolute atomic E-state index is 0.942. The van der Waals surface area contributed by atoms with Crippen LogP contribution in [0.5, 0.6) is 0 Å². The number of rotatable bonds is 5. The first-order valence-electron chi connectivity index (χ1n) is 16.1. The summed E-state index contributed by atoms with van der Waals surface area (Å²) in [6.45, 7) is 0. The van der Waals surface area contributed by atoms with Crippen LogP contribution in [0.4, 0.5) is 0 Å². The summed E-state index contributed by atoms with van der Waals surface area (Å²) in [7, 11) is 0. The van der Waals surface area contributed by atoms with Gasteiger partial charge in [0.1, 0.15) is 5.82 Å². The molecule has 0 aliphatic carbocycles. The Hall–Kier alpha value is -6.25. The number of para-hydroxylation sites is 2. The predicted octanol–water partition coefficient (Wildman–Crippen LogP) is 12.0. The second-order valence-corrected chi connectivity index (χ2v) is 11.9. The average Bonchev–Trinajstić information content (AvgIpc) is 3.54. The van der Waals surface area contributed by atoms with Crippen molar-refractivity contribution < 1.29 is 0 Å². The standard InChI is InChI=1S/C45H30N2/c1-3-15-31(16-4-1)35-19-7-8-20-36(35)44-39-23-11-9-21-37(39)43(38-22-10-12-24-40(38)44)32-27-29-34(30-28-32)47-42-26-14-13-25-41(42)46-45(47)33-17-5-2-6-18-33/h1-30H. The number of nitrogens with zero attached hydrogens (tertiary/aromatic N) is 2. The molecule has 0 fully saturated rings. The lowest BCUT2D eigenvalue weighted by atomic mass is 9.84. The lowest BCUT2D eigenvalue weighted by Gasteiger charge is -2.20. The Kier molecular flexibility index (Phi) is 6.50. The van der Waals surface area contributed by atoms with E-state index in [-0.39, 0.29) is 0 Å². The number of fused-ring (bicyclic) bond motifs is 3. The van der Waals surface area contributed by atoms with Gasteiger partial charge in [0.2, 0.25) is 0 Å². The highest BCUT2D eigenvalue weighted by Crippen LogP contribution is 2.46. The molecule has 0 amide bonds. The van der Waals surface area contributed by atoms with Gasteiger partial charge in [0, 0.05) is 11.3 Å². The molecule has 0 unspecified atom stereocenters. The molecule has 1 heterocycles. The van der Waals surface area contributed by atoms with Crippen molar-refractivity contribution in [2.45, 2.75) is 0 Å². The number of aromatic nitrogens is 2. The van der Waals surface area contributed by atoms with Crippen molar-refractivity contribution in [3.05, 3.63) is 182 Å². The predicted molar refractivity (Wildman–Crippen MR) is 198 cm³/mol. The van der Waals surface area contributed by atoms with Crippen molar-refractivity contribution in [3.8, 4) is 50.5 Å². The lowest BCUT2D eigenvalue weighted by Crippen LogP contribution is -1.98. The zero-order chi connectivity index (χ0) is 31.2. The van der Waals surface area contributed by atoms with Gasteiger partial charge in [-0.1, -0.05) is 158 Å². The first kappa shape index (κ1) is 27.1. The van der Waals surface area contributed by atoms with E-state index in [0.29, 0.717) is 0 Å². The van der Waals surface area contributed by atoms with E-state index in [4.69, 9.17) is 4.98 Å². The fourth-order valence-electron chi connectivity index (χ4n) is 7.15. The van der Waals surface area contributed by atoms with Gasteiger partial charge in [0.25, 0.3) is 0 Å². The van der Waals surface area contributed by atoms with Crippen LogP contribution in [0, 0.1) is 0 Å². The molecule has 2 nitrogen and oxygen atoms in total. The molecular weight excluding hydrogens is 569 g/mol. The lowest BCUT2D eigenvalue weighted by molar-refractivity contribution is 1.10. The second-order valence-electron chi connectivity index (χ2n) is 11.9. The molecule has 220 valence electrons. The van der Waals surface area contributed by atoms with Gasteiger partial charge in [-0.2, -0.15) is 0 Å². The van der Waals surface area contributed by atoms with Crippen LogP contribution in [0.1, 0.15) is 0 Å². The average molecular weight is 599 g/mol. The Labute approximate surface area is 273 Å². The van der Waals surface area contributed by atoms with Crippen molar-refractivity contribution in [2.24, 2.45) is 0 Å². The van der Waals surface area contributed by atoms with Gasteiger partial charge in [-0.25, -0.2) is 4.98 Å². The smallest absolute Gasteiger partial charge is 0.145 e. The van der Waals surface area contributed by atoms with E-state index in [1.165, 1.54) is 54.9 Å². The Morgan fingerprint density at radius 1 is 0.340 bits per heavy atom. The summed E-state index contributed by atoms with van der Waals surface area (Å²) in [4.78, 5) is 5.05. The Morgan fingerprint density at radius 2 is 0.830 bits per heavy atom. The quantitative estimate of drug-likeness (QED) is 0.180. The number of benzene rings is 8. The van der Waals surface area contributed by atoms with Gasteiger partial charge in [-0.15, -0.1) is 0 Å². The highest BCUT2D eigenvalue weighted by Gasteiger charge is 2.19. The van der Waals surface area contributed by atoms with Crippen LogP contribution in [0.25, 0.3) is 83.0 Å². The van der Waals surface area contributed by atoms with E-state index in [9.17, 15) is 0 Å². The Bertz CT molecular complexity index is 2490. The molecular formula is C45H30N2. The maximum Gasteiger partial charge on any atom is 0.145 e. The molecule has 9 rings (SSSR count). The van der Waals surface area contributed by atoms with E-state index in [0.717, 1.165) is 28.1 Å². The van der Waals surface area contributed by atoms with Crippen LogP contribution in [0.3, 0.4) is 0 Å². The third kappa shape index (κ3) is 4.54. The third-order valence-corrected chi connectivity index (χ3v) is 9.22. The molecule has 0 saturated carbocycles. The molecule has 0 atom stereocenters. The highest BCUT2D eigenvalue weighted by atomic mass is 15.1. The van der Waals surface area contributed by atoms with Crippen molar-refractivity contribution in [1.29, 1.82) is 0 Å². The van der Waals surface area contributed by atoms with Gasteiger partial charge >= 0.3 is 0 Å². The topological polar surface area (TPSA) is 17.8 Å². The van der Waals surface area contributed by atoms with Crippen LogP contribution < -0.4 is 0 Å². The molecule has 0 aliphatic heterocycles. The highest BCUT2D eigenvalue weighted by molar-refractivity contribution is 6.22. The number of hydrogen-bond donors (Lipinski definition) is 0. The third-order valence-electron chi connectivity index (χ3n) is 9.22. The van der Waals surface area contributed by atoms with Crippen LogP contribution in [0.2, 0.25) is 0 Å². The first-order chi connectivity index (χ1) is 23.3. The molecule has 8 aromatic carbocycles. The molecule has 0 spiro atoms. The summed E-state index contributed by atoms with van der Waals surface area (Å²) in [5, 5.41) is 4.99. The SMILES string of the molecule is c1ccc(-c2ccccc2-c2c3ccccc3c(-c3ccc(-n4c(-c5ccccc5)nc5ccccc54)cc3)c3ccccc23)cc1. The van der Waals surface area contributed by atoms with Crippen molar-refractivity contribution >= 4 is 32.6 Å². The van der Waals surface area contributed by atoms with Crippen molar-refractivity contribution in [3.63, 3.8) is 0 Å². The molecule has 47 heavy (non-hydrogen) atoms. The normalized spacial score (nSPS) is 11.4. The van der Waals surface area contributed by atoms with E-state index in [1.54, 1.807) is 0 Å². The van der Waals surface area contributed by atoms with Crippen molar-refractivity contribution in [1.82, 2.24) is 9.55 Å². The van der Waals surface area contributed by atoms with E-state index < -0.39 is 0 Å². The summed E-state index contributed by atoms with van der Waals surface area (Å²) in [6, 6.07) is 65.1. The van der Waals surface area contributed by atoms with E-state index >= 15 is 0 Å². The molecule has 2 heteroatoms. The summed E-state index contributed by atoms with van der Waals surface area (Å²) in [5.41, 5.74) is 11.7. The summed E-state index contributed by atoms with van der Waals surface area (Å²) < 4.78 is 2.27. The van der Waals surface area contributed by atoms with Gasteiger partial charge in [0.15, 0.2) is 0 Å². The largest absolute Gasteiger partial charge is 0.292 e. The Morgan fingerprint density at radius 3 is 1.47 bits per heavy atom. The summed E-state index contributed by atoms with van der Waals surface area (Å²) in [6.07, 6.45) is 0. The van der Waals surface area contributed by atoms with Crippen molar-refractivity contribution in [2.75, 3.05) is 0 Å². The van der Waals surface area contributed by atoms with Gasteiger partial charge < -0.3 is 0 Å². The maximum absolute atomic E-state index is 5.05. The fourth-order valence-corrected chi connectivity index (χ4v) is 7.15. The Balaban J connectivity index is 1.26. The fraction of sp³-hybridized carbons (Fsp3) is 0. The second kappa shape index (κ2) is 11.3. The monoisotopic (exact) mass is 598 g/mol. The summed E-state index contributed by atoms with van der Waals surface area (Å²) in [5.74, 6) is 0.942. The van der Waals surface area contributed by atoms with Gasteiger partial charge in [0.05, 0.1) is 11.0 Å². The zero-order valence-corrected chi connectivity index (χ0v) is 25.7. The van der Waals surface area contributed by atoms with E-state index in [2.05, 4.69) is 180 Å². The molecule has 0 N–H and O–H groups in total. The van der Waals surface area contributed by atoms with Crippen LogP contribution in [-0.4, -0.2) is 9.55 Å². The summed E-state index contributed by atoms with van der Waals surface area (Å²) >= 11 is 0. The minimum atomic E-state index is 0.942. The number of hydrogen-bond acceptors (Lipinski definition) is 1. The molecule has 0 aliphatic rings. The zero-order valence-electron chi connectivity index (χ0n) is 25.7. The maximum atomic E-state index is 5.05. The minimum Gasteiger partial charge on any atom is -0.292 e. The molecule has 0 saturated heterocycles.